The third-order valence-electron chi connectivity index (χ3n) is 9.98. The number of nitrogens with one attached hydrogen (secondary N) is 3. The van der Waals surface area contributed by atoms with Crippen molar-refractivity contribution in [3.8, 4) is 0 Å². The van der Waals surface area contributed by atoms with Crippen LogP contribution in [0.15, 0.2) is 12.2 Å². The highest BCUT2D eigenvalue weighted by atomic mass is 16.5. The molecule has 0 aromatic carbocycles. The van der Waals surface area contributed by atoms with Gasteiger partial charge >= 0.3 is 0 Å². The summed E-state index contributed by atoms with van der Waals surface area (Å²) < 4.78 is 17.4. The van der Waals surface area contributed by atoms with Gasteiger partial charge in [0.15, 0.2) is 0 Å². The number of likely N-dealkylation sites (N-methyl/N-ethyl adjacent to an activating group) is 2. The van der Waals surface area contributed by atoms with E-state index in [9.17, 15) is 24.0 Å². The van der Waals surface area contributed by atoms with Gasteiger partial charge in [0.05, 0.1) is 56.3 Å². The molecule has 0 saturated carbocycles. The minimum atomic E-state index is -0.642. The molecule has 3 N–H and O–H groups in total. The Balaban J connectivity index is 2.96. The van der Waals surface area contributed by atoms with Crippen LogP contribution in [0, 0.1) is 17.3 Å². The van der Waals surface area contributed by atoms with Crippen LogP contribution in [0.2, 0.25) is 0 Å². The maximum atomic E-state index is 14.0. The SMILES string of the molecule is C=C(C)C(C(=O)NCC(=O)N(C)C(C(C)CC)C(CC(=O)N1CCCC1C(OC)C(C)C(=O)NCC(=O)NCC(C)(C)COCCC)OC)N(C)C. The van der Waals surface area contributed by atoms with Gasteiger partial charge in [-0.3, -0.25) is 28.9 Å². The highest BCUT2D eigenvalue weighted by Crippen LogP contribution is 2.29. The summed E-state index contributed by atoms with van der Waals surface area (Å²) in [5.74, 6) is -2.08. The second-order valence-corrected chi connectivity index (χ2v) is 15.3. The number of amides is 5. The molecule has 5 amide bonds. The zero-order valence-corrected chi connectivity index (χ0v) is 34.1. The summed E-state index contributed by atoms with van der Waals surface area (Å²) in [5.41, 5.74) is 0.415. The number of hydrogen-bond donors (Lipinski definition) is 3. The zero-order valence-electron chi connectivity index (χ0n) is 34.1. The Kier molecular flexibility index (Phi) is 20.7. The molecular weight excluding hydrogens is 668 g/mol. The summed E-state index contributed by atoms with van der Waals surface area (Å²) in [5, 5.41) is 8.34. The number of methoxy groups -OCH3 is 2. The highest BCUT2D eigenvalue weighted by Gasteiger charge is 2.42. The number of ether oxygens (including phenoxy) is 3. The van der Waals surface area contributed by atoms with E-state index in [0.29, 0.717) is 38.3 Å². The maximum absolute atomic E-state index is 14.0. The van der Waals surface area contributed by atoms with Crippen LogP contribution in [-0.2, 0) is 38.2 Å². The first-order chi connectivity index (χ1) is 24.4. The minimum absolute atomic E-state index is 0.0152. The van der Waals surface area contributed by atoms with Crippen molar-refractivity contribution in [3.05, 3.63) is 12.2 Å². The van der Waals surface area contributed by atoms with E-state index in [-0.39, 0.29) is 66.4 Å². The molecule has 0 aliphatic carbocycles. The van der Waals surface area contributed by atoms with Crippen molar-refractivity contribution in [3.63, 3.8) is 0 Å². The third-order valence-corrected chi connectivity index (χ3v) is 9.98. The number of likely N-dealkylation sites (tertiary alicyclic amines) is 1. The molecule has 1 aliphatic heterocycles. The molecule has 7 atom stereocenters. The lowest BCUT2D eigenvalue weighted by Gasteiger charge is -2.39. The van der Waals surface area contributed by atoms with Gasteiger partial charge in [-0.05, 0) is 46.2 Å². The number of carbonyl (C=O) groups is 5. The molecule has 7 unspecified atom stereocenters. The Bertz CT molecular complexity index is 1180. The van der Waals surface area contributed by atoms with Crippen LogP contribution < -0.4 is 16.0 Å². The highest BCUT2D eigenvalue weighted by molar-refractivity contribution is 5.89. The lowest BCUT2D eigenvalue weighted by Crippen LogP contribution is -2.55. The molecule has 1 rings (SSSR count). The van der Waals surface area contributed by atoms with Crippen molar-refractivity contribution < 1.29 is 38.2 Å². The summed E-state index contributed by atoms with van der Waals surface area (Å²) in [4.78, 5) is 71.1. The fraction of sp³-hybridized carbons (Fsp3) is 0.816. The van der Waals surface area contributed by atoms with E-state index in [1.807, 2.05) is 34.6 Å². The molecule has 1 fully saturated rings. The molecular formula is C38H70N6O8. The Labute approximate surface area is 313 Å². The standard InChI is InChI=1S/C38H70N6O8/c1-14-19-52-24-38(7,8)23-41-30(45)21-39-36(48)27(6)35(51-13)28-17-16-18-44(28)31(46)20-29(50-12)34(26(5)15-2)43(11)32(47)22-40-37(49)33(25(3)4)42(9)10/h26-29,33-35H,3,14-24H2,1-2,4-13H3,(H,39,48)(H,40,49)(H,41,45). The smallest absolute Gasteiger partial charge is 0.242 e. The van der Waals surface area contributed by atoms with Crippen molar-refractivity contribution in [2.75, 3.05) is 74.8 Å². The van der Waals surface area contributed by atoms with E-state index >= 15 is 0 Å². The summed E-state index contributed by atoms with van der Waals surface area (Å²) in [6.07, 6.45) is 1.84. The van der Waals surface area contributed by atoms with Crippen LogP contribution in [0.1, 0.15) is 80.6 Å². The van der Waals surface area contributed by atoms with Gasteiger partial charge in [-0.15, -0.1) is 0 Å². The van der Waals surface area contributed by atoms with Crippen LogP contribution in [0.3, 0.4) is 0 Å². The van der Waals surface area contributed by atoms with Gasteiger partial charge in [-0.25, -0.2) is 0 Å². The average Bonchev–Trinajstić information content (AvgIpc) is 3.57. The monoisotopic (exact) mass is 739 g/mol. The summed E-state index contributed by atoms with van der Waals surface area (Å²) >= 11 is 0. The van der Waals surface area contributed by atoms with Crippen molar-refractivity contribution in [2.24, 2.45) is 17.3 Å². The number of carbonyl (C=O) groups excluding carboxylic acids is 5. The Morgan fingerprint density at radius 1 is 0.962 bits per heavy atom. The molecule has 14 nitrogen and oxygen atoms in total. The summed E-state index contributed by atoms with van der Waals surface area (Å²) in [6, 6.07) is -1.37. The Hall–Kier alpha value is -3.07. The number of hydrogen-bond acceptors (Lipinski definition) is 9. The van der Waals surface area contributed by atoms with E-state index < -0.39 is 30.2 Å². The molecule has 52 heavy (non-hydrogen) atoms. The normalized spacial score (nSPS) is 18.2. The fourth-order valence-electron chi connectivity index (χ4n) is 6.88. The fourth-order valence-corrected chi connectivity index (χ4v) is 6.88. The largest absolute Gasteiger partial charge is 0.381 e. The predicted octanol–water partition coefficient (Wildman–Crippen LogP) is 2.21. The van der Waals surface area contributed by atoms with Crippen molar-refractivity contribution >= 4 is 29.5 Å². The Morgan fingerprint density at radius 3 is 2.13 bits per heavy atom. The maximum Gasteiger partial charge on any atom is 0.242 e. The van der Waals surface area contributed by atoms with Crippen LogP contribution in [0.25, 0.3) is 0 Å². The molecule has 300 valence electrons. The predicted molar refractivity (Wildman–Crippen MR) is 202 cm³/mol. The number of rotatable bonds is 24. The van der Waals surface area contributed by atoms with E-state index in [2.05, 4.69) is 22.5 Å². The van der Waals surface area contributed by atoms with E-state index in [4.69, 9.17) is 14.2 Å². The molecule has 0 radical (unpaired) electrons. The van der Waals surface area contributed by atoms with Crippen LogP contribution >= 0.6 is 0 Å². The van der Waals surface area contributed by atoms with Gasteiger partial charge in [0.2, 0.25) is 29.5 Å². The van der Waals surface area contributed by atoms with Crippen molar-refractivity contribution in [1.82, 2.24) is 30.7 Å². The third kappa shape index (κ3) is 14.4. The quantitative estimate of drug-likeness (QED) is 0.0998. The van der Waals surface area contributed by atoms with E-state index in [1.165, 1.54) is 14.2 Å². The van der Waals surface area contributed by atoms with Crippen LogP contribution in [-0.4, -0.2) is 149 Å². The first-order valence-corrected chi connectivity index (χ1v) is 18.7. The lowest BCUT2D eigenvalue weighted by molar-refractivity contribution is -0.145. The van der Waals surface area contributed by atoms with Crippen LogP contribution in [0.4, 0.5) is 0 Å². The Morgan fingerprint density at radius 2 is 1.60 bits per heavy atom. The molecule has 14 heteroatoms. The van der Waals surface area contributed by atoms with Gasteiger partial charge in [0, 0.05) is 46.4 Å². The molecule has 1 saturated heterocycles. The number of nitrogens with zero attached hydrogens (tertiary/aromatic N) is 3. The molecule has 0 aromatic heterocycles. The summed E-state index contributed by atoms with van der Waals surface area (Å²) in [7, 11) is 8.28. The van der Waals surface area contributed by atoms with Gasteiger partial charge in [0.25, 0.3) is 0 Å². The van der Waals surface area contributed by atoms with E-state index in [1.54, 1.807) is 49.7 Å². The van der Waals surface area contributed by atoms with Gasteiger partial charge in [0.1, 0.15) is 6.04 Å². The molecule has 0 bridgehead atoms. The second-order valence-electron chi connectivity index (χ2n) is 15.3. The first-order valence-electron chi connectivity index (χ1n) is 18.7. The summed E-state index contributed by atoms with van der Waals surface area (Å²) in [6.45, 7) is 19.2. The topological polar surface area (TPSA) is 159 Å². The minimum Gasteiger partial charge on any atom is -0.381 e. The first kappa shape index (κ1) is 47.0. The zero-order chi connectivity index (χ0) is 39.8. The van der Waals surface area contributed by atoms with Gasteiger partial charge in [-0.1, -0.05) is 60.1 Å². The van der Waals surface area contributed by atoms with Crippen LogP contribution in [0.5, 0.6) is 0 Å². The lowest BCUT2D eigenvalue weighted by atomic mass is 9.90. The average molecular weight is 739 g/mol. The molecule has 1 aliphatic rings. The van der Waals surface area contributed by atoms with Gasteiger partial charge < -0.3 is 40.0 Å². The van der Waals surface area contributed by atoms with Crippen molar-refractivity contribution in [2.45, 2.75) is 111 Å². The van der Waals surface area contributed by atoms with E-state index in [0.717, 1.165) is 19.3 Å². The van der Waals surface area contributed by atoms with Crippen molar-refractivity contribution in [1.29, 1.82) is 0 Å². The molecule has 1 heterocycles. The molecule has 0 aromatic rings. The molecule has 0 spiro atoms. The second kappa shape index (κ2) is 22.9. The van der Waals surface area contributed by atoms with Gasteiger partial charge in [-0.2, -0.15) is 0 Å².